The average Bonchev–Trinajstić information content (AvgIpc) is 3.05. The van der Waals surface area contributed by atoms with Crippen LogP contribution in [0, 0.1) is 62.6 Å². The highest BCUT2D eigenvalue weighted by Crippen LogP contribution is 2.77. The molecule has 0 aromatic rings. The van der Waals surface area contributed by atoms with Crippen molar-refractivity contribution in [3.05, 3.63) is 0 Å². The molecule has 0 aliphatic heterocycles. The van der Waals surface area contributed by atoms with Gasteiger partial charge in [-0.15, -0.1) is 0 Å². The Kier molecular flexibility index (Phi) is 5.63. The molecule has 5 rings (SSSR count). The van der Waals surface area contributed by atoms with Crippen LogP contribution in [-0.4, -0.2) is 18.2 Å². The minimum Gasteiger partial charge on any atom is -0.285 e. The maximum atomic E-state index is 12.9. The molecular formula is C30H52O3S. The molecule has 10 atom stereocenters. The van der Waals surface area contributed by atoms with Crippen molar-refractivity contribution in [2.24, 2.45) is 62.6 Å². The molecule has 5 fully saturated rings. The van der Waals surface area contributed by atoms with E-state index in [0.29, 0.717) is 23.7 Å². The van der Waals surface area contributed by atoms with Crippen LogP contribution in [0.25, 0.3) is 0 Å². The van der Waals surface area contributed by atoms with Gasteiger partial charge in [0.25, 0.3) is 10.1 Å². The van der Waals surface area contributed by atoms with E-state index in [1.54, 1.807) is 0 Å². The van der Waals surface area contributed by atoms with E-state index in [1.165, 1.54) is 38.5 Å². The van der Waals surface area contributed by atoms with E-state index in [9.17, 15) is 13.0 Å². The summed E-state index contributed by atoms with van der Waals surface area (Å²) < 4.78 is 36.2. The summed E-state index contributed by atoms with van der Waals surface area (Å²) in [4.78, 5) is 0. The lowest BCUT2D eigenvalue weighted by Crippen LogP contribution is -2.68. The van der Waals surface area contributed by atoms with Crippen LogP contribution in [0.3, 0.4) is 0 Å². The second kappa shape index (κ2) is 7.49. The van der Waals surface area contributed by atoms with Gasteiger partial charge in [-0.05, 0) is 127 Å². The summed E-state index contributed by atoms with van der Waals surface area (Å²) in [6, 6.07) is 0. The molecule has 5 unspecified atom stereocenters. The van der Waals surface area contributed by atoms with Crippen molar-refractivity contribution in [1.82, 2.24) is 0 Å². The van der Waals surface area contributed by atoms with Gasteiger partial charge in [-0.3, -0.25) is 4.55 Å². The van der Waals surface area contributed by atoms with Crippen LogP contribution in [0.15, 0.2) is 0 Å². The van der Waals surface area contributed by atoms with Crippen molar-refractivity contribution in [2.45, 2.75) is 125 Å². The highest BCUT2D eigenvalue weighted by Gasteiger charge is 2.72. The topological polar surface area (TPSA) is 54.4 Å². The molecule has 5 aliphatic rings. The normalized spacial score (nSPS) is 54.6. The fourth-order valence-corrected chi connectivity index (χ4v) is 13.6. The minimum atomic E-state index is -4.08. The molecule has 0 spiro atoms. The predicted molar refractivity (Wildman–Crippen MR) is 140 cm³/mol. The second-order valence-electron chi connectivity index (χ2n) is 15.7. The standard InChI is InChI=1S/C30H52O3S/c1-19(2)20-11-15-27(5)17-18-28(6)21(25(20)27)9-10-23-29(28,7)16-12-22-26(3,4)14-13-24(30(22,23)8)34(31,32)33/h19-25H,9-18H2,1-8H3,(H,31,32,33)/t20-,21?,22?,23?,24?,25?,27-,28-,29-,30+/m1/s1. The largest absolute Gasteiger partial charge is 0.285 e. The van der Waals surface area contributed by atoms with Gasteiger partial charge in [0.1, 0.15) is 0 Å². The summed E-state index contributed by atoms with van der Waals surface area (Å²) in [5.74, 6) is 3.88. The van der Waals surface area contributed by atoms with E-state index in [2.05, 4.69) is 55.4 Å². The average molecular weight is 493 g/mol. The van der Waals surface area contributed by atoms with Crippen molar-refractivity contribution in [1.29, 1.82) is 0 Å². The third kappa shape index (κ3) is 3.12. The molecule has 3 nitrogen and oxygen atoms in total. The zero-order valence-electron chi connectivity index (χ0n) is 23.3. The van der Waals surface area contributed by atoms with Crippen LogP contribution in [0.1, 0.15) is 120 Å². The van der Waals surface area contributed by atoms with Gasteiger partial charge in [0, 0.05) is 0 Å². The van der Waals surface area contributed by atoms with Crippen molar-refractivity contribution in [2.75, 3.05) is 0 Å². The van der Waals surface area contributed by atoms with Gasteiger partial charge in [-0.1, -0.05) is 55.4 Å². The number of hydrogen-bond acceptors (Lipinski definition) is 2. The molecule has 196 valence electrons. The van der Waals surface area contributed by atoms with Crippen molar-refractivity contribution >= 4 is 10.1 Å². The Hall–Kier alpha value is -0.0900. The maximum Gasteiger partial charge on any atom is 0.268 e. The highest BCUT2D eigenvalue weighted by atomic mass is 32.2. The van der Waals surface area contributed by atoms with E-state index in [-0.39, 0.29) is 21.7 Å². The molecule has 34 heavy (non-hydrogen) atoms. The molecule has 0 aromatic heterocycles. The first-order valence-electron chi connectivity index (χ1n) is 14.5. The van der Waals surface area contributed by atoms with Crippen molar-refractivity contribution < 1.29 is 13.0 Å². The molecule has 0 aromatic carbocycles. The Morgan fingerprint density at radius 2 is 1.41 bits per heavy atom. The quantitative estimate of drug-likeness (QED) is 0.397. The summed E-state index contributed by atoms with van der Waals surface area (Å²) in [7, 11) is -4.08. The number of hydrogen-bond donors (Lipinski definition) is 1. The van der Waals surface area contributed by atoms with E-state index in [1.807, 2.05) is 0 Å². The van der Waals surface area contributed by atoms with E-state index in [4.69, 9.17) is 0 Å². The number of fused-ring (bicyclic) bond motifs is 7. The summed E-state index contributed by atoms with van der Waals surface area (Å²) in [6.45, 7) is 19.7. The second-order valence-corrected chi connectivity index (χ2v) is 17.3. The molecule has 0 bridgehead atoms. The fourth-order valence-electron chi connectivity index (χ4n) is 12.2. The zero-order valence-corrected chi connectivity index (χ0v) is 24.1. The smallest absolute Gasteiger partial charge is 0.268 e. The predicted octanol–water partition coefficient (Wildman–Crippen LogP) is 8.00. The third-order valence-electron chi connectivity index (χ3n) is 14.0. The monoisotopic (exact) mass is 492 g/mol. The Balaban J connectivity index is 1.61. The molecule has 0 saturated heterocycles. The van der Waals surface area contributed by atoms with Crippen molar-refractivity contribution in [3.63, 3.8) is 0 Å². The fraction of sp³-hybridized carbons (Fsp3) is 1.00. The first-order chi connectivity index (χ1) is 15.5. The van der Waals surface area contributed by atoms with Crippen LogP contribution in [0.2, 0.25) is 0 Å². The van der Waals surface area contributed by atoms with E-state index < -0.39 is 15.4 Å². The first-order valence-corrected chi connectivity index (χ1v) is 16.0. The summed E-state index contributed by atoms with van der Waals surface area (Å²) >= 11 is 0. The van der Waals surface area contributed by atoms with Gasteiger partial charge in [0.05, 0.1) is 5.25 Å². The van der Waals surface area contributed by atoms with Crippen LogP contribution in [0.4, 0.5) is 0 Å². The van der Waals surface area contributed by atoms with E-state index >= 15 is 0 Å². The molecule has 0 amide bonds. The SMILES string of the molecule is CC(C)[C@H]1CC[C@]2(C)CC[C@]3(C)C(CCC4[C@]5(C)C(CC[C@]43C)C(C)(C)CCC5S(=O)(=O)O)C12. The van der Waals surface area contributed by atoms with Gasteiger partial charge in [0.2, 0.25) is 0 Å². The van der Waals surface area contributed by atoms with Gasteiger partial charge in [0.15, 0.2) is 0 Å². The molecule has 4 heteroatoms. The van der Waals surface area contributed by atoms with Gasteiger partial charge >= 0.3 is 0 Å². The van der Waals surface area contributed by atoms with Gasteiger partial charge in [-0.2, -0.15) is 8.42 Å². The maximum absolute atomic E-state index is 12.9. The lowest BCUT2D eigenvalue weighted by Gasteiger charge is -2.73. The van der Waals surface area contributed by atoms with Crippen LogP contribution in [-0.2, 0) is 10.1 Å². The minimum absolute atomic E-state index is 0.133. The lowest BCUT2D eigenvalue weighted by molar-refractivity contribution is -0.235. The molecule has 5 aliphatic carbocycles. The Bertz CT molecular complexity index is 939. The molecule has 5 saturated carbocycles. The lowest BCUT2D eigenvalue weighted by atomic mass is 9.32. The Labute approximate surface area is 210 Å². The third-order valence-corrected chi connectivity index (χ3v) is 15.4. The molecule has 0 radical (unpaired) electrons. The van der Waals surface area contributed by atoms with Crippen molar-refractivity contribution in [3.8, 4) is 0 Å². The van der Waals surface area contributed by atoms with E-state index in [0.717, 1.165) is 42.9 Å². The number of rotatable bonds is 2. The first kappa shape index (κ1) is 25.6. The summed E-state index contributed by atoms with van der Waals surface area (Å²) in [5, 5.41) is -0.605. The van der Waals surface area contributed by atoms with Crippen LogP contribution < -0.4 is 0 Å². The summed E-state index contributed by atoms with van der Waals surface area (Å²) in [6.07, 6.45) is 11.7. The van der Waals surface area contributed by atoms with Gasteiger partial charge < -0.3 is 0 Å². The van der Waals surface area contributed by atoms with Crippen LogP contribution >= 0.6 is 0 Å². The molecule has 0 heterocycles. The molecule has 1 N–H and O–H groups in total. The Morgan fingerprint density at radius 1 is 0.735 bits per heavy atom. The van der Waals surface area contributed by atoms with Gasteiger partial charge in [-0.25, -0.2) is 0 Å². The molecular weight excluding hydrogens is 440 g/mol. The Morgan fingerprint density at radius 3 is 2.03 bits per heavy atom. The zero-order chi connectivity index (χ0) is 25.1. The summed E-state index contributed by atoms with van der Waals surface area (Å²) in [5.41, 5.74) is 0.686. The highest BCUT2D eigenvalue weighted by molar-refractivity contribution is 7.86. The van der Waals surface area contributed by atoms with Crippen LogP contribution in [0.5, 0.6) is 0 Å².